The predicted molar refractivity (Wildman–Crippen MR) is 96.9 cm³/mol. The molecule has 0 radical (unpaired) electrons. The number of nitrogens with zero attached hydrogens (tertiary/aromatic N) is 1. The molecule has 0 aliphatic carbocycles. The van der Waals surface area contributed by atoms with Gasteiger partial charge in [-0.2, -0.15) is 4.31 Å². The van der Waals surface area contributed by atoms with E-state index >= 15 is 0 Å². The molecule has 0 bridgehead atoms. The Balaban J connectivity index is 2.01. The Morgan fingerprint density at radius 1 is 1.08 bits per heavy atom. The zero-order valence-corrected chi connectivity index (χ0v) is 16.5. The van der Waals surface area contributed by atoms with Gasteiger partial charge in [0.1, 0.15) is 0 Å². The van der Waals surface area contributed by atoms with Crippen molar-refractivity contribution in [3.63, 3.8) is 0 Å². The van der Waals surface area contributed by atoms with Gasteiger partial charge in [-0.1, -0.05) is 17.7 Å². The molecule has 1 aromatic rings. The van der Waals surface area contributed by atoms with Crippen LogP contribution in [-0.4, -0.2) is 57.3 Å². The van der Waals surface area contributed by atoms with Crippen molar-refractivity contribution in [1.29, 1.82) is 0 Å². The van der Waals surface area contributed by atoms with Crippen LogP contribution in [0.25, 0.3) is 0 Å². The highest BCUT2D eigenvalue weighted by Crippen LogP contribution is 2.25. The summed E-state index contributed by atoms with van der Waals surface area (Å²) in [6.07, 6.45) is 0. The molecule has 2 rings (SSSR count). The molecule has 1 aliphatic rings. The molecule has 26 heavy (non-hydrogen) atoms. The van der Waals surface area contributed by atoms with E-state index in [2.05, 4.69) is 10.9 Å². The van der Waals surface area contributed by atoms with Gasteiger partial charge in [-0.3, -0.25) is 20.4 Å². The smallest absolute Gasteiger partial charge is 0.293 e. The van der Waals surface area contributed by atoms with Crippen molar-refractivity contribution in [3.05, 3.63) is 28.8 Å². The maximum Gasteiger partial charge on any atom is 0.293 e. The Labute approximate surface area is 154 Å². The number of carbonyl (C=O) groups is 2. The fraction of sp³-hybridized carbons (Fsp3) is 0.529. The number of amides is 2. The third-order valence-corrected chi connectivity index (χ3v) is 6.63. The standard InChI is InChI=1S/C17H26N4O4S/c1-12-9-13(2)17(14(3)10-12)26(24,25)21-7-5-20(6-8-21)11-16(23)19-18-15(4)22/h9-10H,5-8,11H2,1-4H3,(H,18,22)(H,19,23)/p+1. The van der Waals surface area contributed by atoms with Crippen LogP contribution in [0.1, 0.15) is 23.6 Å². The molecule has 1 aromatic carbocycles. The van der Waals surface area contributed by atoms with Crippen LogP contribution in [0.5, 0.6) is 0 Å². The first kappa shape index (κ1) is 20.3. The fourth-order valence-electron chi connectivity index (χ4n) is 3.35. The van der Waals surface area contributed by atoms with E-state index in [0.717, 1.165) is 21.6 Å². The van der Waals surface area contributed by atoms with E-state index in [0.29, 0.717) is 31.1 Å². The van der Waals surface area contributed by atoms with Crippen molar-refractivity contribution in [1.82, 2.24) is 15.2 Å². The molecule has 144 valence electrons. The molecule has 0 atom stereocenters. The van der Waals surface area contributed by atoms with Gasteiger partial charge in [0.05, 0.1) is 31.1 Å². The van der Waals surface area contributed by atoms with Gasteiger partial charge in [-0.25, -0.2) is 8.42 Å². The number of quaternary nitrogens is 1. The second kappa shape index (κ2) is 8.15. The largest absolute Gasteiger partial charge is 0.325 e. The molecule has 0 spiro atoms. The van der Waals surface area contributed by atoms with E-state index in [4.69, 9.17) is 0 Å². The topological polar surface area (TPSA) is 100 Å². The van der Waals surface area contributed by atoms with Crippen molar-refractivity contribution in [2.24, 2.45) is 0 Å². The first-order valence-electron chi connectivity index (χ1n) is 8.58. The highest BCUT2D eigenvalue weighted by Gasteiger charge is 2.33. The summed E-state index contributed by atoms with van der Waals surface area (Å²) < 4.78 is 27.6. The fourth-order valence-corrected chi connectivity index (χ4v) is 5.20. The van der Waals surface area contributed by atoms with E-state index in [1.54, 1.807) is 0 Å². The molecule has 0 aromatic heterocycles. The van der Waals surface area contributed by atoms with Crippen LogP contribution in [0.2, 0.25) is 0 Å². The van der Waals surface area contributed by atoms with Crippen molar-refractivity contribution in [2.45, 2.75) is 32.6 Å². The maximum atomic E-state index is 13.0. The number of hydrogen-bond acceptors (Lipinski definition) is 4. The highest BCUT2D eigenvalue weighted by atomic mass is 32.2. The van der Waals surface area contributed by atoms with Crippen LogP contribution < -0.4 is 15.8 Å². The molecular formula is C17H27N4O4S+. The Kier molecular flexibility index (Phi) is 6.38. The number of sulfonamides is 1. The minimum atomic E-state index is -3.55. The number of aryl methyl sites for hydroxylation is 3. The molecule has 2 amide bonds. The van der Waals surface area contributed by atoms with Gasteiger partial charge >= 0.3 is 0 Å². The lowest BCUT2D eigenvalue weighted by atomic mass is 10.1. The molecule has 0 saturated carbocycles. The summed E-state index contributed by atoms with van der Waals surface area (Å²) >= 11 is 0. The molecule has 1 fully saturated rings. The monoisotopic (exact) mass is 383 g/mol. The maximum absolute atomic E-state index is 13.0. The molecule has 9 heteroatoms. The zero-order chi connectivity index (χ0) is 19.5. The predicted octanol–water partition coefficient (Wildman–Crippen LogP) is -1.33. The summed E-state index contributed by atoms with van der Waals surface area (Å²) in [6, 6.07) is 3.77. The van der Waals surface area contributed by atoms with Crippen LogP contribution >= 0.6 is 0 Å². The molecule has 1 heterocycles. The molecule has 1 aliphatic heterocycles. The normalized spacial score (nSPS) is 16.3. The van der Waals surface area contributed by atoms with Gasteiger partial charge in [0.15, 0.2) is 6.54 Å². The number of benzene rings is 1. The van der Waals surface area contributed by atoms with Crippen LogP contribution in [0.3, 0.4) is 0 Å². The zero-order valence-electron chi connectivity index (χ0n) is 15.7. The lowest BCUT2D eigenvalue weighted by Crippen LogP contribution is -3.16. The van der Waals surface area contributed by atoms with E-state index in [1.807, 2.05) is 32.9 Å². The first-order valence-corrected chi connectivity index (χ1v) is 10.0. The number of carbonyl (C=O) groups excluding carboxylic acids is 2. The summed E-state index contributed by atoms with van der Waals surface area (Å²) in [7, 11) is -3.55. The minimum absolute atomic E-state index is 0.191. The Morgan fingerprint density at radius 3 is 2.12 bits per heavy atom. The summed E-state index contributed by atoms with van der Waals surface area (Å²) in [4.78, 5) is 23.9. The molecule has 0 unspecified atom stereocenters. The lowest BCUT2D eigenvalue weighted by molar-refractivity contribution is -0.895. The van der Waals surface area contributed by atoms with Crippen LogP contribution in [0, 0.1) is 20.8 Å². The Morgan fingerprint density at radius 2 is 1.62 bits per heavy atom. The van der Waals surface area contributed by atoms with E-state index in [9.17, 15) is 18.0 Å². The minimum Gasteiger partial charge on any atom is -0.325 e. The number of hydrogen-bond donors (Lipinski definition) is 3. The van der Waals surface area contributed by atoms with Gasteiger partial charge in [0, 0.05) is 6.92 Å². The van der Waals surface area contributed by atoms with Crippen molar-refractivity contribution in [3.8, 4) is 0 Å². The molecule has 8 nitrogen and oxygen atoms in total. The number of nitrogens with one attached hydrogen (secondary N) is 3. The van der Waals surface area contributed by atoms with Gasteiger partial charge in [-0.05, 0) is 31.9 Å². The molecular weight excluding hydrogens is 356 g/mol. The van der Waals surface area contributed by atoms with E-state index in [-0.39, 0.29) is 18.4 Å². The van der Waals surface area contributed by atoms with E-state index < -0.39 is 10.0 Å². The molecule has 1 saturated heterocycles. The van der Waals surface area contributed by atoms with Gasteiger partial charge in [-0.15, -0.1) is 0 Å². The first-order chi connectivity index (χ1) is 12.1. The Bertz CT molecular complexity index is 776. The van der Waals surface area contributed by atoms with Crippen LogP contribution in [-0.2, 0) is 19.6 Å². The highest BCUT2D eigenvalue weighted by molar-refractivity contribution is 7.89. The lowest BCUT2D eigenvalue weighted by Gasteiger charge is -2.31. The molecule has 3 N–H and O–H groups in total. The van der Waals surface area contributed by atoms with Crippen molar-refractivity contribution in [2.75, 3.05) is 32.7 Å². The summed E-state index contributed by atoms with van der Waals surface area (Å²) in [5.74, 6) is -0.634. The SMILES string of the molecule is CC(=O)NNC(=O)C[NH+]1CCN(S(=O)(=O)c2c(C)cc(C)cc2C)CC1. The average Bonchev–Trinajstić information content (AvgIpc) is 2.52. The number of rotatable bonds is 4. The van der Waals surface area contributed by atoms with E-state index in [1.165, 1.54) is 11.2 Å². The van der Waals surface area contributed by atoms with Crippen LogP contribution in [0.15, 0.2) is 17.0 Å². The summed E-state index contributed by atoms with van der Waals surface area (Å²) in [5.41, 5.74) is 7.13. The Hall–Kier alpha value is -1.97. The quantitative estimate of drug-likeness (QED) is 0.561. The summed E-state index contributed by atoms with van der Waals surface area (Å²) in [6.45, 7) is 8.89. The second-order valence-electron chi connectivity index (χ2n) is 6.79. The van der Waals surface area contributed by atoms with Crippen molar-refractivity contribution >= 4 is 21.8 Å². The average molecular weight is 383 g/mol. The number of hydrazine groups is 1. The third-order valence-electron chi connectivity index (χ3n) is 4.42. The summed E-state index contributed by atoms with van der Waals surface area (Å²) in [5, 5.41) is 0. The van der Waals surface area contributed by atoms with Crippen LogP contribution in [0.4, 0.5) is 0 Å². The van der Waals surface area contributed by atoms with Gasteiger partial charge in [0.25, 0.3) is 5.91 Å². The van der Waals surface area contributed by atoms with Crippen molar-refractivity contribution < 1.29 is 22.9 Å². The third kappa shape index (κ3) is 4.80. The van der Waals surface area contributed by atoms with Gasteiger partial charge in [0.2, 0.25) is 15.9 Å². The van der Waals surface area contributed by atoms with Gasteiger partial charge < -0.3 is 4.90 Å². The second-order valence-corrected chi connectivity index (χ2v) is 8.66. The number of piperazine rings is 1.